The minimum atomic E-state index is 0.259. The molecular weight excluding hydrogens is 424 g/mol. The Balaban J connectivity index is 0.00000210. The van der Waals surface area contributed by atoms with Gasteiger partial charge in [-0.05, 0) is 92.3 Å². The molecule has 2 atom stereocenters. The number of aliphatic imine (C=N–C) groups is 1. The van der Waals surface area contributed by atoms with Gasteiger partial charge in [-0.3, -0.25) is 4.99 Å². The van der Waals surface area contributed by atoms with Crippen LogP contribution in [-0.4, -0.2) is 25.3 Å². The fourth-order valence-corrected chi connectivity index (χ4v) is 5.01. The van der Waals surface area contributed by atoms with Crippen LogP contribution in [0, 0.1) is 12.3 Å². The third-order valence-corrected chi connectivity index (χ3v) is 7.23. The zero-order valence-electron chi connectivity index (χ0n) is 23.3. The molecule has 1 saturated heterocycles. The topological polar surface area (TPSA) is 24.4 Å². The molecule has 190 valence electrons. The lowest BCUT2D eigenvalue weighted by Gasteiger charge is -2.42. The second-order valence-electron chi connectivity index (χ2n) is 10.5. The molecule has 2 aromatic rings. The van der Waals surface area contributed by atoms with E-state index in [2.05, 4.69) is 107 Å². The number of nitrogens with zero attached hydrogens (tertiary/aromatic N) is 1. The average Bonchev–Trinajstić information content (AvgIpc) is 2.85. The molecule has 0 saturated carbocycles. The Kier molecular flexibility index (Phi) is 11.2. The van der Waals surface area contributed by atoms with Crippen LogP contribution >= 0.6 is 0 Å². The van der Waals surface area contributed by atoms with Crippen molar-refractivity contribution >= 4 is 6.21 Å². The second-order valence-corrected chi connectivity index (χ2v) is 10.5. The van der Waals surface area contributed by atoms with Crippen LogP contribution in [0.4, 0.5) is 0 Å². The first-order valence-corrected chi connectivity index (χ1v) is 13.5. The lowest BCUT2D eigenvalue weighted by atomic mass is 9.65. The summed E-state index contributed by atoms with van der Waals surface area (Å²) in [5.41, 5.74) is 7.78. The Morgan fingerprint density at radius 3 is 1.91 bits per heavy atom. The molecule has 0 bridgehead atoms. The molecule has 1 fully saturated rings. The molecule has 0 aromatic heterocycles. The molecule has 0 radical (unpaired) electrons. The monoisotopic (exact) mass is 472 g/mol. The summed E-state index contributed by atoms with van der Waals surface area (Å²) in [4.78, 5) is 4.45. The van der Waals surface area contributed by atoms with E-state index in [0.717, 1.165) is 30.7 Å². The Morgan fingerprint density at radius 1 is 0.914 bits per heavy atom. The zero-order valence-corrected chi connectivity index (χ0v) is 23.3. The van der Waals surface area contributed by atoms with Gasteiger partial charge < -0.3 is 5.32 Å². The summed E-state index contributed by atoms with van der Waals surface area (Å²) in [6.07, 6.45) is 5.16. The Bertz CT molecular complexity index is 957. The molecule has 1 heterocycles. The fraction of sp³-hybridized carbons (Fsp3) is 0.485. The van der Waals surface area contributed by atoms with Gasteiger partial charge >= 0.3 is 0 Å². The summed E-state index contributed by atoms with van der Waals surface area (Å²) in [5.74, 6) is 0.801. The zero-order chi connectivity index (χ0) is 26.0. The second kappa shape index (κ2) is 13.6. The molecular formula is C33H48N2. The van der Waals surface area contributed by atoms with Crippen molar-refractivity contribution in [2.24, 2.45) is 10.4 Å². The summed E-state index contributed by atoms with van der Waals surface area (Å²) in [6.45, 7) is 25.7. The van der Waals surface area contributed by atoms with Gasteiger partial charge in [0.2, 0.25) is 0 Å². The molecule has 1 aliphatic rings. The van der Waals surface area contributed by atoms with E-state index in [1.807, 2.05) is 20.1 Å². The molecule has 1 aliphatic heterocycles. The lowest BCUT2D eigenvalue weighted by molar-refractivity contribution is 0.199. The van der Waals surface area contributed by atoms with Crippen LogP contribution in [0.2, 0.25) is 0 Å². The van der Waals surface area contributed by atoms with Gasteiger partial charge in [-0.1, -0.05) is 94.9 Å². The van der Waals surface area contributed by atoms with Gasteiger partial charge in [-0.15, -0.1) is 0 Å². The predicted octanol–water partition coefficient (Wildman–Crippen LogP) is 8.63. The molecule has 1 unspecified atom stereocenters. The molecule has 2 nitrogen and oxygen atoms in total. The van der Waals surface area contributed by atoms with Crippen LogP contribution in [0.25, 0.3) is 0 Å². The Labute approximate surface area is 215 Å². The largest absolute Gasteiger partial charge is 0.317 e. The van der Waals surface area contributed by atoms with Crippen molar-refractivity contribution in [1.82, 2.24) is 5.32 Å². The minimum Gasteiger partial charge on any atom is -0.317 e. The SMILES string of the molecule is C=C(C=NC(C)C)C(=C)C[C@H](C)c1ccc(C(c2ccc(C)cc2)C2(C)CCNCC2)cc1.CC. The number of benzene rings is 2. The quantitative estimate of drug-likeness (QED) is 0.287. The third-order valence-electron chi connectivity index (χ3n) is 7.23. The van der Waals surface area contributed by atoms with Gasteiger partial charge in [-0.25, -0.2) is 0 Å². The van der Waals surface area contributed by atoms with Gasteiger partial charge in [-0.2, -0.15) is 0 Å². The summed E-state index contributed by atoms with van der Waals surface area (Å²) in [6, 6.07) is 18.8. The average molecular weight is 473 g/mol. The normalized spacial score (nSPS) is 16.9. The first-order chi connectivity index (χ1) is 16.7. The molecule has 1 N–H and O–H groups in total. The van der Waals surface area contributed by atoms with Crippen molar-refractivity contribution in [2.75, 3.05) is 13.1 Å². The van der Waals surface area contributed by atoms with Crippen molar-refractivity contribution in [1.29, 1.82) is 0 Å². The summed E-state index contributed by atoms with van der Waals surface area (Å²) in [7, 11) is 0. The van der Waals surface area contributed by atoms with Crippen LogP contribution in [0.5, 0.6) is 0 Å². The first-order valence-electron chi connectivity index (χ1n) is 13.5. The summed E-state index contributed by atoms with van der Waals surface area (Å²) in [5, 5.41) is 3.55. The van der Waals surface area contributed by atoms with Crippen molar-refractivity contribution in [2.45, 2.75) is 85.6 Å². The highest BCUT2D eigenvalue weighted by atomic mass is 14.9. The van der Waals surface area contributed by atoms with Crippen LogP contribution in [-0.2, 0) is 0 Å². The summed E-state index contributed by atoms with van der Waals surface area (Å²) < 4.78 is 0. The van der Waals surface area contributed by atoms with E-state index >= 15 is 0 Å². The van der Waals surface area contributed by atoms with Crippen LogP contribution in [0.1, 0.15) is 94.9 Å². The highest BCUT2D eigenvalue weighted by Gasteiger charge is 2.37. The number of hydrogen-bond acceptors (Lipinski definition) is 2. The van der Waals surface area contributed by atoms with Crippen LogP contribution < -0.4 is 5.32 Å². The van der Waals surface area contributed by atoms with Gasteiger partial charge in [0.25, 0.3) is 0 Å². The van der Waals surface area contributed by atoms with Crippen LogP contribution in [0.15, 0.2) is 77.8 Å². The first kappa shape index (κ1) is 28.8. The number of hydrogen-bond donors (Lipinski definition) is 1. The van der Waals surface area contributed by atoms with Gasteiger partial charge in [0.05, 0.1) is 0 Å². The van der Waals surface area contributed by atoms with Crippen molar-refractivity contribution in [3.8, 4) is 0 Å². The fourth-order valence-electron chi connectivity index (χ4n) is 5.01. The van der Waals surface area contributed by atoms with Crippen LogP contribution in [0.3, 0.4) is 0 Å². The summed E-state index contributed by atoms with van der Waals surface area (Å²) >= 11 is 0. The number of rotatable bonds is 9. The lowest BCUT2D eigenvalue weighted by Crippen LogP contribution is -2.39. The standard InChI is InChI=1S/C31H42N2.C2H6/c1-22(2)33-21-26(6)24(4)20-25(5)27-12-14-29(15-13-27)30(28-10-8-23(3)9-11-28)31(7)16-18-32-19-17-31;1-2/h8-15,21-22,25,30,32H,4,6,16-20H2,1-3,5,7H3;1-2H3/t25-,30?;/m0./s1. The maximum Gasteiger partial charge on any atom is 0.0443 e. The molecule has 2 aromatic carbocycles. The maximum atomic E-state index is 4.45. The van der Waals surface area contributed by atoms with Crippen molar-refractivity contribution in [3.63, 3.8) is 0 Å². The number of nitrogens with one attached hydrogen (secondary N) is 1. The van der Waals surface area contributed by atoms with E-state index in [-0.39, 0.29) is 11.5 Å². The minimum absolute atomic E-state index is 0.259. The molecule has 35 heavy (non-hydrogen) atoms. The molecule has 0 spiro atoms. The van der Waals surface area contributed by atoms with E-state index < -0.39 is 0 Å². The smallest absolute Gasteiger partial charge is 0.0443 e. The predicted molar refractivity (Wildman–Crippen MR) is 156 cm³/mol. The molecule has 3 rings (SSSR count). The van der Waals surface area contributed by atoms with E-state index in [1.165, 1.54) is 35.1 Å². The third kappa shape index (κ3) is 8.04. The number of allylic oxidation sites excluding steroid dienone is 2. The van der Waals surface area contributed by atoms with Gasteiger partial charge in [0.1, 0.15) is 0 Å². The van der Waals surface area contributed by atoms with E-state index in [1.54, 1.807) is 0 Å². The number of piperidine rings is 1. The Morgan fingerprint density at radius 2 is 1.40 bits per heavy atom. The van der Waals surface area contributed by atoms with E-state index in [9.17, 15) is 0 Å². The van der Waals surface area contributed by atoms with Gasteiger partial charge in [0.15, 0.2) is 0 Å². The maximum absolute atomic E-state index is 4.45. The number of aryl methyl sites for hydroxylation is 1. The molecule has 2 heteroatoms. The Hall–Kier alpha value is -2.45. The van der Waals surface area contributed by atoms with Crippen molar-refractivity contribution < 1.29 is 0 Å². The molecule has 0 amide bonds. The molecule has 0 aliphatic carbocycles. The van der Waals surface area contributed by atoms with Crippen molar-refractivity contribution in [3.05, 3.63) is 95.1 Å². The van der Waals surface area contributed by atoms with Gasteiger partial charge in [0, 0.05) is 18.2 Å². The highest BCUT2D eigenvalue weighted by molar-refractivity contribution is 5.83. The van der Waals surface area contributed by atoms with E-state index in [0.29, 0.717) is 11.8 Å². The highest BCUT2D eigenvalue weighted by Crippen LogP contribution is 2.47. The van der Waals surface area contributed by atoms with E-state index in [4.69, 9.17) is 0 Å².